The molecule has 1 fully saturated rings. The van der Waals surface area contributed by atoms with E-state index in [1.54, 1.807) is 0 Å². The van der Waals surface area contributed by atoms with E-state index >= 15 is 0 Å². The normalized spacial score (nSPS) is 26.6. The molecular weight excluding hydrogens is 196 g/mol. The molecule has 0 aromatic heterocycles. The Bertz CT molecular complexity index is 208. The lowest BCUT2D eigenvalue weighted by molar-refractivity contribution is -0.800. The molecule has 14 heavy (non-hydrogen) atoms. The molecule has 0 aromatic rings. The molecule has 1 rings (SSSR count). The molecular formula is C6H10N2O6. The van der Waals surface area contributed by atoms with E-state index in [0.29, 0.717) is 12.8 Å². The fraction of sp³-hybridized carbons (Fsp3) is 1.00. The van der Waals surface area contributed by atoms with Crippen LogP contribution in [0.2, 0.25) is 0 Å². The van der Waals surface area contributed by atoms with Gasteiger partial charge >= 0.3 is 0 Å². The standard InChI is InChI=1S/C6H10N2O6/c9-7(10)13-5-3-1-2-4-6(5)14-8(11)12/h5-6H,1-4H2. The molecule has 0 saturated heterocycles. The first-order valence-electron chi connectivity index (χ1n) is 4.22. The average molecular weight is 206 g/mol. The predicted octanol–water partition coefficient (Wildman–Crippen LogP) is 0.714. The first-order chi connectivity index (χ1) is 6.59. The molecule has 80 valence electrons. The summed E-state index contributed by atoms with van der Waals surface area (Å²) < 4.78 is 0. The van der Waals surface area contributed by atoms with Crippen LogP contribution < -0.4 is 0 Å². The van der Waals surface area contributed by atoms with Crippen molar-refractivity contribution in [3.8, 4) is 0 Å². The average Bonchev–Trinajstić information content (AvgIpc) is 2.06. The van der Waals surface area contributed by atoms with Gasteiger partial charge in [-0.15, -0.1) is 20.2 Å². The van der Waals surface area contributed by atoms with Crippen molar-refractivity contribution in [2.75, 3.05) is 0 Å². The molecule has 1 aliphatic carbocycles. The van der Waals surface area contributed by atoms with Crippen LogP contribution in [-0.4, -0.2) is 22.4 Å². The highest BCUT2D eigenvalue weighted by molar-refractivity contribution is 4.74. The molecule has 0 radical (unpaired) electrons. The van der Waals surface area contributed by atoms with E-state index in [-0.39, 0.29) is 0 Å². The maximum atomic E-state index is 10.1. The van der Waals surface area contributed by atoms with Gasteiger partial charge in [-0.25, -0.2) is 0 Å². The van der Waals surface area contributed by atoms with E-state index in [0.717, 1.165) is 12.8 Å². The number of nitrogens with zero attached hydrogens (tertiary/aromatic N) is 2. The van der Waals surface area contributed by atoms with Crippen molar-refractivity contribution < 1.29 is 19.8 Å². The lowest BCUT2D eigenvalue weighted by atomic mass is 9.95. The van der Waals surface area contributed by atoms with Crippen LogP contribution in [-0.2, 0) is 9.68 Å². The first-order valence-corrected chi connectivity index (χ1v) is 4.22. The van der Waals surface area contributed by atoms with Gasteiger partial charge in [0.1, 0.15) is 12.2 Å². The zero-order valence-electron chi connectivity index (χ0n) is 7.33. The minimum absolute atomic E-state index is 0.416. The number of rotatable bonds is 4. The van der Waals surface area contributed by atoms with Crippen LogP contribution in [0, 0.1) is 20.2 Å². The van der Waals surface area contributed by atoms with Crippen LogP contribution in [0.15, 0.2) is 0 Å². The molecule has 0 bridgehead atoms. The minimum Gasteiger partial charge on any atom is -0.308 e. The molecule has 2 atom stereocenters. The maximum Gasteiger partial charge on any atom is 0.294 e. The Kier molecular flexibility index (Phi) is 3.43. The monoisotopic (exact) mass is 206 g/mol. The Morgan fingerprint density at radius 1 is 0.929 bits per heavy atom. The SMILES string of the molecule is O=[N+]([O-])OC1CCCCC1O[N+](=O)[O-]. The minimum atomic E-state index is -0.938. The Hall–Kier alpha value is -1.60. The van der Waals surface area contributed by atoms with Crippen LogP contribution in [0.3, 0.4) is 0 Å². The Morgan fingerprint density at radius 3 is 1.57 bits per heavy atom. The molecule has 0 amide bonds. The maximum absolute atomic E-state index is 10.1. The van der Waals surface area contributed by atoms with Crippen molar-refractivity contribution in [1.29, 1.82) is 0 Å². The van der Waals surface area contributed by atoms with E-state index in [2.05, 4.69) is 9.68 Å². The molecule has 0 spiro atoms. The first kappa shape index (κ1) is 10.5. The smallest absolute Gasteiger partial charge is 0.294 e. The van der Waals surface area contributed by atoms with Gasteiger partial charge in [-0.2, -0.15) is 0 Å². The van der Waals surface area contributed by atoms with Gasteiger partial charge in [-0.05, 0) is 12.8 Å². The Labute approximate surface area is 79.0 Å². The van der Waals surface area contributed by atoms with Crippen molar-refractivity contribution in [1.82, 2.24) is 0 Å². The quantitative estimate of drug-likeness (QED) is 0.495. The zero-order chi connectivity index (χ0) is 10.6. The van der Waals surface area contributed by atoms with Crippen LogP contribution >= 0.6 is 0 Å². The summed E-state index contributed by atoms with van der Waals surface area (Å²) in [6.45, 7) is 0. The summed E-state index contributed by atoms with van der Waals surface area (Å²) in [5.41, 5.74) is 0. The highest BCUT2D eigenvalue weighted by Gasteiger charge is 2.30. The van der Waals surface area contributed by atoms with Gasteiger partial charge in [0.05, 0.1) is 0 Å². The van der Waals surface area contributed by atoms with Crippen LogP contribution in [0.1, 0.15) is 25.7 Å². The second kappa shape index (κ2) is 4.58. The van der Waals surface area contributed by atoms with Crippen LogP contribution in [0.4, 0.5) is 0 Å². The molecule has 8 nitrogen and oxygen atoms in total. The molecule has 2 unspecified atom stereocenters. The molecule has 0 aliphatic heterocycles. The lowest BCUT2D eigenvalue weighted by Gasteiger charge is -2.27. The molecule has 0 heterocycles. The van der Waals surface area contributed by atoms with Crippen molar-refractivity contribution in [3.63, 3.8) is 0 Å². The highest BCUT2D eigenvalue weighted by Crippen LogP contribution is 2.23. The van der Waals surface area contributed by atoms with E-state index in [1.807, 2.05) is 0 Å². The summed E-state index contributed by atoms with van der Waals surface area (Å²) >= 11 is 0. The van der Waals surface area contributed by atoms with E-state index in [4.69, 9.17) is 0 Å². The summed E-state index contributed by atoms with van der Waals surface area (Å²) in [7, 11) is 0. The predicted molar refractivity (Wildman–Crippen MR) is 42.2 cm³/mol. The molecule has 0 aromatic carbocycles. The molecule has 1 saturated carbocycles. The molecule has 8 heteroatoms. The van der Waals surface area contributed by atoms with Gasteiger partial charge in [0, 0.05) is 0 Å². The lowest BCUT2D eigenvalue weighted by Crippen LogP contribution is -2.37. The van der Waals surface area contributed by atoms with Gasteiger partial charge in [0.2, 0.25) is 0 Å². The highest BCUT2D eigenvalue weighted by atomic mass is 17.0. The third kappa shape index (κ3) is 3.04. The third-order valence-electron chi connectivity index (χ3n) is 2.08. The van der Waals surface area contributed by atoms with Crippen molar-refractivity contribution >= 4 is 0 Å². The summed E-state index contributed by atoms with van der Waals surface area (Å²) in [6, 6.07) is 0. The zero-order valence-corrected chi connectivity index (χ0v) is 7.33. The Morgan fingerprint density at radius 2 is 1.29 bits per heavy atom. The Balaban J connectivity index is 2.49. The van der Waals surface area contributed by atoms with Crippen molar-refractivity contribution in [2.45, 2.75) is 37.9 Å². The van der Waals surface area contributed by atoms with Gasteiger partial charge in [0.25, 0.3) is 10.2 Å². The van der Waals surface area contributed by atoms with E-state index in [1.165, 1.54) is 0 Å². The van der Waals surface area contributed by atoms with Gasteiger partial charge in [-0.3, -0.25) is 0 Å². The molecule has 0 N–H and O–H groups in total. The van der Waals surface area contributed by atoms with Crippen molar-refractivity contribution in [2.24, 2.45) is 0 Å². The van der Waals surface area contributed by atoms with E-state index in [9.17, 15) is 20.2 Å². The summed E-state index contributed by atoms with van der Waals surface area (Å²) in [4.78, 5) is 28.7. The second-order valence-electron chi connectivity index (χ2n) is 3.02. The third-order valence-corrected chi connectivity index (χ3v) is 2.08. The fourth-order valence-corrected chi connectivity index (χ4v) is 1.53. The van der Waals surface area contributed by atoms with Crippen LogP contribution in [0.5, 0.6) is 0 Å². The topological polar surface area (TPSA) is 105 Å². The van der Waals surface area contributed by atoms with Crippen LogP contribution in [0.25, 0.3) is 0 Å². The second-order valence-corrected chi connectivity index (χ2v) is 3.02. The summed E-state index contributed by atoms with van der Waals surface area (Å²) in [5.74, 6) is 0. The van der Waals surface area contributed by atoms with Crippen molar-refractivity contribution in [3.05, 3.63) is 20.2 Å². The fourth-order valence-electron chi connectivity index (χ4n) is 1.53. The molecule has 1 aliphatic rings. The number of hydrogen-bond donors (Lipinski definition) is 0. The summed E-state index contributed by atoms with van der Waals surface area (Å²) in [5, 5.41) is 18.2. The van der Waals surface area contributed by atoms with E-state index < -0.39 is 22.4 Å². The summed E-state index contributed by atoms with van der Waals surface area (Å²) in [6.07, 6.45) is 0.721. The largest absolute Gasteiger partial charge is 0.308 e. The van der Waals surface area contributed by atoms with Gasteiger partial charge in [0.15, 0.2) is 0 Å². The number of hydrogen-bond acceptors (Lipinski definition) is 6. The van der Waals surface area contributed by atoms with Gasteiger partial charge < -0.3 is 9.68 Å². The van der Waals surface area contributed by atoms with Gasteiger partial charge in [-0.1, -0.05) is 12.8 Å².